The molecule has 1 aromatic carbocycles. The minimum atomic E-state index is 0.764. The second-order valence-corrected chi connectivity index (χ2v) is 6.89. The summed E-state index contributed by atoms with van der Waals surface area (Å²) in [4.78, 5) is 5.45. The van der Waals surface area contributed by atoms with Gasteiger partial charge in [-0.05, 0) is 44.5 Å². The van der Waals surface area contributed by atoms with Crippen molar-refractivity contribution >= 4 is 29.3 Å². The summed E-state index contributed by atoms with van der Waals surface area (Å²) in [6.45, 7) is 5.52. The Morgan fingerprint density at radius 1 is 1.21 bits per heavy atom. The van der Waals surface area contributed by atoms with Crippen LogP contribution in [0.15, 0.2) is 38.7 Å². The van der Waals surface area contributed by atoms with E-state index < -0.39 is 0 Å². The quantitative estimate of drug-likeness (QED) is 0.340. The lowest BCUT2D eigenvalue weighted by Crippen LogP contribution is -2.39. The summed E-state index contributed by atoms with van der Waals surface area (Å²) in [5.41, 5.74) is 2.12. The van der Waals surface area contributed by atoms with Crippen LogP contribution in [0, 0.1) is 13.8 Å². The van der Waals surface area contributed by atoms with Gasteiger partial charge >= 0.3 is 0 Å². The van der Waals surface area contributed by atoms with Crippen LogP contribution in [0.2, 0.25) is 5.02 Å². The van der Waals surface area contributed by atoms with Crippen molar-refractivity contribution < 1.29 is 4.52 Å². The number of thioether (sulfide) groups is 1. The van der Waals surface area contributed by atoms with Crippen LogP contribution < -0.4 is 10.6 Å². The maximum atomic E-state index is 5.88. The summed E-state index contributed by atoms with van der Waals surface area (Å²) in [5, 5.41) is 11.4. The number of hydrogen-bond acceptors (Lipinski definition) is 4. The third kappa shape index (κ3) is 5.76. The van der Waals surface area contributed by atoms with Gasteiger partial charge in [0.25, 0.3) is 0 Å². The Morgan fingerprint density at radius 2 is 1.92 bits per heavy atom. The molecule has 0 fully saturated rings. The van der Waals surface area contributed by atoms with E-state index in [9.17, 15) is 0 Å². The van der Waals surface area contributed by atoms with Crippen LogP contribution in [0.5, 0.6) is 0 Å². The zero-order valence-electron chi connectivity index (χ0n) is 14.2. The Balaban J connectivity index is 1.66. The van der Waals surface area contributed by atoms with Crippen LogP contribution in [0.1, 0.15) is 17.0 Å². The number of aromatic nitrogens is 1. The molecule has 0 aliphatic heterocycles. The molecular weight excluding hydrogens is 344 g/mol. The lowest BCUT2D eigenvalue weighted by molar-refractivity contribution is 0.392. The normalized spacial score (nSPS) is 11.6. The number of halogens is 1. The topological polar surface area (TPSA) is 62.5 Å². The molecule has 0 unspecified atom stereocenters. The molecule has 0 saturated heterocycles. The monoisotopic (exact) mass is 366 g/mol. The number of rotatable bonds is 7. The Hall–Kier alpha value is -1.66. The first kappa shape index (κ1) is 18.7. The second-order valence-electron chi connectivity index (χ2n) is 5.28. The van der Waals surface area contributed by atoms with Gasteiger partial charge in [-0.15, -0.1) is 11.8 Å². The lowest BCUT2D eigenvalue weighted by atomic mass is 10.1. The van der Waals surface area contributed by atoms with E-state index in [1.54, 1.807) is 18.8 Å². The summed E-state index contributed by atoms with van der Waals surface area (Å²) in [5.74, 6) is 2.64. The Labute approximate surface area is 152 Å². The van der Waals surface area contributed by atoms with E-state index in [4.69, 9.17) is 16.1 Å². The standard InChI is InChI=1S/C17H23ClN4OS/c1-12-16(13(2)23-22-12)8-9-20-17(19-3)21-10-11-24-15-6-4-14(18)5-7-15/h4-7H,8-11H2,1-3H3,(H2,19,20,21). The van der Waals surface area contributed by atoms with Crippen molar-refractivity contribution in [2.45, 2.75) is 25.2 Å². The molecule has 24 heavy (non-hydrogen) atoms. The number of aryl methyl sites for hydroxylation is 2. The highest BCUT2D eigenvalue weighted by molar-refractivity contribution is 7.99. The van der Waals surface area contributed by atoms with Gasteiger partial charge < -0.3 is 15.2 Å². The van der Waals surface area contributed by atoms with Crippen molar-refractivity contribution in [3.05, 3.63) is 46.3 Å². The van der Waals surface area contributed by atoms with E-state index in [1.807, 2.05) is 38.1 Å². The van der Waals surface area contributed by atoms with E-state index in [-0.39, 0.29) is 0 Å². The number of benzene rings is 1. The Bertz CT molecular complexity index is 650. The van der Waals surface area contributed by atoms with Crippen molar-refractivity contribution in [3.8, 4) is 0 Å². The molecule has 1 aromatic heterocycles. The number of nitrogens with one attached hydrogen (secondary N) is 2. The van der Waals surface area contributed by atoms with E-state index in [2.05, 4.69) is 20.8 Å². The van der Waals surface area contributed by atoms with Crippen molar-refractivity contribution in [1.29, 1.82) is 0 Å². The number of hydrogen-bond donors (Lipinski definition) is 2. The summed E-state index contributed by atoms with van der Waals surface area (Å²) in [7, 11) is 1.78. The van der Waals surface area contributed by atoms with Gasteiger partial charge in [0.1, 0.15) is 5.76 Å². The average molecular weight is 367 g/mol. The summed E-state index contributed by atoms with van der Waals surface area (Å²) in [6.07, 6.45) is 0.862. The lowest BCUT2D eigenvalue weighted by Gasteiger charge is -2.11. The van der Waals surface area contributed by atoms with Gasteiger partial charge in [0.05, 0.1) is 5.69 Å². The summed E-state index contributed by atoms with van der Waals surface area (Å²) in [6, 6.07) is 7.88. The maximum absolute atomic E-state index is 5.88. The molecule has 5 nitrogen and oxygen atoms in total. The van der Waals surface area contributed by atoms with Crippen LogP contribution in [0.25, 0.3) is 0 Å². The third-order valence-electron chi connectivity index (χ3n) is 3.55. The van der Waals surface area contributed by atoms with Crippen LogP contribution in [-0.4, -0.2) is 37.0 Å². The zero-order valence-corrected chi connectivity index (χ0v) is 15.8. The number of nitrogens with zero attached hydrogens (tertiary/aromatic N) is 2. The van der Waals surface area contributed by atoms with Crippen molar-refractivity contribution in [2.75, 3.05) is 25.9 Å². The molecular formula is C17H23ClN4OS. The van der Waals surface area contributed by atoms with Crippen molar-refractivity contribution in [2.24, 2.45) is 4.99 Å². The van der Waals surface area contributed by atoms with Gasteiger partial charge in [0, 0.05) is 41.4 Å². The molecule has 0 bridgehead atoms. The van der Waals surface area contributed by atoms with Gasteiger partial charge in [-0.1, -0.05) is 16.8 Å². The fourth-order valence-electron chi connectivity index (χ4n) is 2.25. The molecule has 0 radical (unpaired) electrons. The molecule has 1 heterocycles. The summed E-state index contributed by atoms with van der Waals surface area (Å²) >= 11 is 7.67. The largest absolute Gasteiger partial charge is 0.361 e. The van der Waals surface area contributed by atoms with Crippen LogP contribution >= 0.6 is 23.4 Å². The molecule has 130 valence electrons. The van der Waals surface area contributed by atoms with Gasteiger partial charge in [-0.25, -0.2) is 0 Å². The molecule has 0 aliphatic carbocycles. The molecule has 0 amide bonds. The van der Waals surface area contributed by atoms with Gasteiger partial charge in [-0.3, -0.25) is 4.99 Å². The molecule has 0 atom stereocenters. The number of aliphatic imine (C=N–C) groups is 1. The minimum absolute atomic E-state index is 0.764. The highest BCUT2D eigenvalue weighted by Gasteiger charge is 2.08. The fraction of sp³-hybridized carbons (Fsp3) is 0.412. The fourth-order valence-corrected chi connectivity index (χ4v) is 3.15. The van der Waals surface area contributed by atoms with Crippen LogP contribution in [0.3, 0.4) is 0 Å². The van der Waals surface area contributed by atoms with Gasteiger partial charge in [0.15, 0.2) is 5.96 Å². The second kappa shape index (κ2) is 9.59. The van der Waals surface area contributed by atoms with Gasteiger partial charge in [0.2, 0.25) is 0 Å². The minimum Gasteiger partial charge on any atom is -0.361 e. The third-order valence-corrected chi connectivity index (χ3v) is 4.81. The Kier molecular flexibility index (Phi) is 7.46. The SMILES string of the molecule is CN=C(NCCSc1ccc(Cl)cc1)NCCc1c(C)noc1C. The smallest absolute Gasteiger partial charge is 0.191 e. The van der Waals surface area contributed by atoms with Gasteiger partial charge in [-0.2, -0.15) is 0 Å². The first-order valence-corrected chi connectivity index (χ1v) is 9.21. The molecule has 2 rings (SSSR count). The predicted molar refractivity (Wildman–Crippen MR) is 101 cm³/mol. The predicted octanol–water partition coefficient (Wildman–Crippen LogP) is 3.44. The molecule has 0 saturated carbocycles. The van der Waals surface area contributed by atoms with E-state index >= 15 is 0 Å². The average Bonchev–Trinajstić information content (AvgIpc) is 2.90. The molecule has 0 aliphatic rings. The highest BCUT2D eigenvalue weighted by Crippen LogP contribution is 2.19. The van der Waals surface area contributed by atoms with E-state index in [1.165, 1.54) is 4.90 Å². The zero-order chi connectivity index (χ0) is 17.4. The molecule has 0 spiro atoms. The van der Waals surface area contributed by atoms with Crippen molar-refractivity contribution in [1.82, 2.24) is 15.8 Å². The molecule has 7 heteroatoms. The van der Waals surface area contributed by atoms with Crippen molar-refractivity contribution in [3.63, 3.8) is 0 Å². The van der Waals surface area contributed by atoms with Crippen LogP contribution in [-0.2, 0) is 6.42 Å². The Morgan fingerprint density at radius 3 is 2.54 bits per heavy atom. The first-order chi connectivity index (χ1) is 11.6. The maximum Gasteiger partial charge on any atom is 0.191 e. The summed E-state index contributed by atoms with van der Waals surface area (Å²) < 4.78 is 5.17. The van der Waals surface area contributed by atoms with E-state index in [0.29, 0.717) is 0 Å². The first-order valence-electron chi connectivity index (χ1n) is 7.84. The molecule has 2 N–H and O–H groups in total. The molecule has 2 aromatic rings. The highest BCUT2D eigenvalue weighted by atomic mass is 35.5. The number of guanidine groups is 1. The van der Waals surface area contributed by atoms with Crippen LogP contribution in [0.4, 0.5) is 0 Å². The van der Waals surface area contributed by atoms with E-state index in [0.717, 1.165) is 53.3 Å².